The quantitative estimate of drug-likeness (QED) is 0.734. The van der Waals surface area contributed by atoms with Gasteiger partial charge >= 0.3 is 6.18 Å². The summed E-state index contributed by atoms with van der Waals surface area (Å²) in [5.41, 5.74) is -1.03. The van der Waals surface area contributed by atoms with Gasteiger partial charge in [0.1, 0.15) is 6.17 Å². The van der Waals surface area contributed by atoms with Crippen molar-refractivity contribution >= 4 is 29.4 Å². The third-order valence-electron chi connectivity index (χ3n) is 4.32. The Labute approximate surface area is 167 Å². The van der Waals surface area contributed by atoms with E-state index in [1.165, 1.54) is 19.4 Å². The van der Waals surface area contributed by atoms with Gasteiger partial charge in [-0.2, -0.15) is 13.2 Å². The number of benzene rings is 1. The van der Waals surface area contributed by atoms with Crippen LogP contribution in [-0.4, -0.2) is 46.4 Å². The van der Waals surface area contributed by atoms with Crippen LogP contribution in [0.5, 0.6) is 0 Å². The Hall–Kier alpha value is -2.75. The van der Waals surface area contributed by atoms with Crippen LogP contribution in [0.2, 0.25) is 5.02 Å². The van der Waals surface area contributed by atoms with Crippen LogP contribution in [0.15, 0.2) is 30.6 Å². The number of carbonyl (C=O) groups is 2. The first-order chi connectivity index (χ1) is 13.6. The van der Waals surface area contributed by atoms with E-state index in [1.54, 1.807) is 0 Å². The van der Waals surface area contributed by atoms with Crippen molar-refractivity contribution in [3.63, 3.8) is 0 Å². The van der Waals surface area contributed by atoms with Crippen molar-refractivity contribution in [2.75, 3.05) is 18.9 Å². The second-order valence-corrected chi connectivity index (χ2v) is 7.03. The molecule has 1 N–H and O–H groups in total. The number of carbonyl (C=O) groups excluding carboxylic acids is 2. The first-order valence-electron chi connectivity index (χ1n) is 8.44. The summed E-state index contributed by atoms with van der Waals surface area (Å²) in [7, 11) is 1.31. The number of anilines is 1. The van der Waals surface area contributed by atoms with E-state index in [2.05, 4.69) is 15.3 Å². The van der Waals surface area contributed by atoms with Gasteiger partial charge in [0.15, 0.2) is 0 Å². The van der Waals surface area contributed by atoms with Gasteiger partial charge in [0.25, 0.3) is 5.91 Å². The van der Waals surface area contributed by atoms with Crippen LogP contribution < -0.4 is 5.32 Å². The zero-order chi connectivity index (χ0) is 21.3. The van der Waals surface area contributed by atoms with Gasteiger partial charge in [-0.15, -0.1) is 0 Å². The largest absolute Gasteiger partial charge is 0.416 e. The zero-order valence-electron chi connectivity index (χ0n) is 15.0. The molecule has 1 aliphatic rings. The average molecular weight is 431 g/mol. The van der Waals surface area contributed by atoms with E-state index in [1.807, 2.05) is 0 Å². The Morgan fingerprint density at radius 1 is 1.28 bits per heavy atom. The van der Waals surface area contributed by atoms with Crippen molar-refractivity contribution in [3.05, 3.63) is 52.3 Å². The molecule has 3 rings (SSSR count). The molecule has 1 aliphatic carbocycles. The Bertz CT molecular complexity index is 936. The molecule has 0 bridgehead atoms. The maximum Gasteiger partial charge on any atom is 0.416 e. The lowest BCUT2D eigenvalue weighted by molar-refractivity contribution is -0.137. The summed E-state index contributed by atoms with van der Waals surface area (Å²) >= 11 is 5.65. The molecule has 1 heterocycles. The van der Waals surface area contributed by atoms with Crippen molar-refractivity contribution in [1.29, 1.82) is 0 Å². The number of aromatic nitrogens is 2. The smallest absolute Gasteiger partial charge is 0.332 e. The van der Waals surface area contributed by atoms with Crippen LogP contribution in [0, 0.1) is 0 Å². The molecule has 1 saturated carbocycles. The molecule has 29 heavy (non-hydrogen) atoms. The van der Waals surface area contributed by atoms with Gasteiger partial charge in [0.05, 0.1) is 29.5 Å². The fraction of sp³-hybridized carbons (Fsp3) is 0.333. The van der Waals surface area contributed by atoms with Gasteiger partial charge in [-0.1, -0.05) is 11.6 Å². The number of nitrogens with one attached hydrogen (secondary N) is 1. The van der Waals surface area contributed by atoms with Crippen LogP contribution in [0.4, 0.5) is 23.5 Å². The topological polar surface area (TPSA) is 75.2 Å². The normalized spacial score (nSPS) is 18.3. The first-order valence-corrected chi connectivity index (χ1v) is 8.82. The molecule has 1 aromatic carbocycles. The average Bonchev–Trinajstić information content (AvgIpc) is 3.38. The first kappa shape index (κ1) is 21.0. The van der Waals surface area contributed by atoms with E-state index in [0.717, 1.165) is 23.1 Å². The summed E-state index contributed by atoms with van der Waals surface area (Å²) in [6, 6.07) is 2.58. The lowest BCUT2D eigenvalue weighted by atomic mass is 9.98. The molecule has 0 radical (unpaired) electrons. The molecule has 2 amide bonds. The highest BCUT2D eigenvalue weighted by molar-refractivity contribution is 6.30. The molecule has 1 aromatic heterocycles. The molecular formula is C18H15ClF4N4O2. The van der Waals surface area contributed by atoms with E-state index in [-0.39, 0.29) is 28.5 Å². The van der Waals surface area contributed by atoms with E-state index in [4.69, 9.17) is 11.6 Å². The van der Waals surface area contributed by atoms with Crippen molar-refractivity contribution in [3.8, 4) is 0 Å². The van der Waals surface area contributed by atoms with Gasteiger partial charge in [-0.3, -0.25) is 14.9 Å². The van der Waals surface area contributed by atoms with Gasteiger partial charge in [0.2, 0.25) is 11.9 Å². The van der Waals surface area contributed by atoms with Crippen LogP contribution in [0.1, 0.15) is 33.8 Å². The van der Waals surface area contributed by atoms with Gasteiger partial charge < -0.3 is 4.90 Å². The summed E-state index contributed by atoms with van der Waals surface area (Å²) < 4.78 is 52.5. The number of likely N-dealkylation sites (N-methyl/N-ethyl adjacent to an activating group) is 1. The lowest BCUT2D eigenvalue weighted by Gasteiger charge is -2.19. The number of halogens is 5. The van der Waals surface area contributed by atoms with Crippen molar-refractivity contribution in [2.45, 2.75) is 24.7 Å². The van der Waals surface area contributed by atoms with Crippen LogP contribution in [0.3, 0.4) is 0 Å². The third-order valence-corrected chi connectivity index (χ3v) is 4.52. The Morgan fingerprint density at radius 2 is 1.90 bits per heavy atom. The molecule has 11 heteroatoms. The van der Waals surface area contributed by atoms with Crippen molar-refractivity contribution < 1.29 is 27.2 Å². The van der Waals surface area contributed by atoms with E-state index in [0.29, 0.717) is 0 Å². The van der Waals surface area contributed by atoms with Gasteiger partial charge in [0, 0.05) is 18.5 Å². The molecule has 0 saturated heterocycles. The molecule has 1 unspecified atom stereocenters. The minimum atomic E-state index is -4.61. The highest BCUT2D eigenvalue weighted by atomic mass is 35.5. The number of amides is 2. The van der Waals surface area contributed by atoms with Gasteiger partial charge in [-0.05, 0) is 30.2 Å². The molecular weight excluding hydrogens is 416 g/mol. The molecule has 154 valence electrons. The maximum absolute atomic E-state index is 13.5. The van der Waals surface area contributed by atoms with E-state index in [9.17, 15) is 27.2 Å². The minimum absolute atomic E-state index is 0.00869. The summed E-state index contributed by atoms with van der Waals surface area (Å²) in [6.07, 6.45) is -3.30. The Kier molecular flexibility index (Phi) is 5.74. The van der Waals surface area contributed by atoms with Crippen molar-refractivity contribution in [1.82, 2.24) is 14.9 Å². The standard InChI is InChI=1S/C18H15ClF4N4O2/c1-27(8-15(28)26-17-24-6-10(19)7-25-17)16(29)11-3-2-9(18(21,22)23)4-12(11)13-5-14(13)20/h2-4,6-7,13-14H,5,8H2,1H3,(H,24,25,26,28)/t13-,14?/m0/s1. The van der Waals surface area contributed by atoms with Crippen LogP contribution in [-0.2, 0) is 11.0 Å². The minimum Gasteiger partial charge on any atom is -0.332 e. The second-order valence-electron chi connectivity index (χ2n) is 6.59. The summed E-state index contributed by atoms with van der Waals surface area (Å²) in [5, 5.41) is 2.64. The van der Waals surface area contributed by atoms with Crippen molar-refractivity contribution in [2.24, 2.45) is 0 Å². The molecule has 0 aliphatic heterocycles. The Balaban J connectivity index is 1.74. The number of hydrogen-bond donors (Lipinski definition) is 1. The summed E-state index contributed by atoms with van der Waals surface area (Å²) in [4.78, 5) is 33.4. The predicted molar refractivity (Wildman–Crippen MR) is 96.3 cm³/mol. The number of hydrogen-bond acceptors (Lipinski definition) is 4. The number of nitrogens with zero attached hydrogens (tertiary/aromatic N) is 3. The zero-order valence-corrected chi connectivity index (χ0v) is 15.8. The molecule has 2 aromatic rings. The second kappa shape index (κ2) is 7.94. The maximum atomic E-state index is 13.5. The Morgan fingerprint density at radius 3 is 2.45 bits per heavy atom. The van der Waals surface area contributed by atoms with E-state index < -0.39 is 42.2 Å². The summed E-state index contributed by atoms with van der Waals surface area (Å²) in [6.45, 7) is -0.408. The third kappa shape index (κ3) is 5.00. The number of rotatable bonds is 5. The monoisotopic (exact) mass is 430 g/mol. The SMILES string of the molecule is CN(CC(=O)Nc1ncc(Cl)cn1)C(=O)c1ccc(C(F)(F)F)cc1[C@@H]1CC1F. The molecule has 6 nitrogen and oxygen atoms in total. The predicted octanol–water partition coefficient (Wildman–Crippen LogP) is 3.68. The van der Waals surface area contributed by atoms with E-state index >= 15 is 0 Å². The fourth-order valence-electron chi connectivity index (χ4n) is 2.76. The van der Waals surface area contributed by atoms with Crippen LogP contribution >= 0.6 is 11.6 Å². The highest BCUT2D eigenvalue weighted by Gasteiger charge is 2.42. The molecule has 2 atom stereocenters. The van der Waals surface area contributed by atoms with Crippen LogP contribution in [0.25, 0.3) is 0 Å². The van der Waals surface area contributed by atoms with Gasteiger partial charge in [-0.25, -0.2) is 14.4 Å². The fourth-order valence-corrected chi connectivity index (χ4v) is 2.86. The molecule has 0 spiro atoms. The highest BCUT2D eigenvalue weighted by Crippen LogP contribution is 2.46. The number of alkyl halides is 4. The lowest BCUT2D eigenvalue weighted by Crippen LogP contribution is -2.35. The molecule has 1 fully saturated rings. The summed E-state index contributed by atoms with van der Waals surface area (Å²) in [5.74, 6) is -2.10.